The Morgan fingerprint density at radius 1 is 1.06 bits per heavy atom. The van der Waals surface area contributed by atoms with Gasteiger partial charge in [-0.1, -0.05) is 31.2 Å². The van der Waals surface area contributed by atoms with Crippen molar-refractivity contribution in [3.8, 4) is 11.5 Å². The number of rotatable bonds is 8. The topological polar surface area (TPSA) is 59.9 Å². The Labute approximate surface area is 216 Å². The third kappa shape index (κ3) is 6.52. The van der Waals surface area contributed by atoms with Crippen LogP contribution in [0.4, 0.5) is 10.1 Å². The summed E-state index contributed by atoms with van der Waals surface area (Å²) in [6.45, 7) is 4.61. The van der Waals surface area contributed by atoms with Crippen LogP contribution in [-0.2, 0) is 17.8 Å². The van der Waals surface area contributed by atoms with E-state index in [9.17, 15) is 9.18 Å². The molecule has 1 fully saturated rings. The second-order valence-electron chi connectivity index (χ2n) is 7.68. The van der Waals surface area contributed by atoms with E-state index >= 15 is 0 Å². The summed E-state index contributed by atoms with van der Waals surface area (Å²) in [5, 5.41) is 3.35. The van der Waals surface area contributed by atoms with E-state index in [1.54, 1.807) is 18.2 Å². The van der Waals surface area contributed by atoms with E-state index in [4.69, 9.17) is 9.47 Å². The fourth-order valence-electron chi connectivity index (χ4n) is 3.41. The number of thioether (sulfide) groups is 1. The fourth-order valence-corrected chi connectivity index (χ4v) is 4.83. The second-order valence-corrected chi connectivity index (χ2v) is 9.57. The molecule has 3 aromatic carbocycles. The Bertz CT molecular complexity index is 1290. The number of hydrogen-bond donors (Lipinski definition) is 1. The Hall–Kier alpha value is -3.10. The summed E-state index contributed by atoms with van der Waals surface area (Å²) in [5.41, 5.74) is 3.49. The largest absolute Gasteiger partial charge is 0.490 e. The quantitative estimate of drug-likeness (QED) is 0.304. The number of amidine groups is 1. The zero-order valence-electron chi connectivity index (χ0n) is 19.3. The molecule has 8 heteroatoms. The lowest BCUT2D eigenvalue weighted by molar-refractivity contribution is -0.115. The van der Waals surface area contributed by atoms with Crippen LogP contribution >= 0.6 is 27.7 Å². The Morgan fingerprint density at radius 3 is 2.57 bits per heavy atom. The van der Waals surface area contributed by atoms with Gasteiger partial charge in [0.25, 0.3) is 5.91 Å². The van der Waals surface area contributed by atoms with Crippen LogP contribution in [0.25, 0.3) is 6.08 Å². The first-order valence-electron chi connectivity index (χ1n) is 11.2. The molecule has 0 spiro atoms. The Balaban J connectivity index is 1.54. The molecular formula is C27H24BrFN2O3S. The van der Waals surface area contributed by atoms with E-state index in [2.05, 4.69) is 33.2 Å². The van der Waals surface area contributed by atoms with Crippen LogP contribution in [0.3, 0.4) is 0 Å². The van der Waals surface area contributed by atoms with Crippen LogP contribution in [-0.4, -0.2) is 17.7 Å². The highest BCUT2D eigenvalue weighted by molar-refractivity contribution is 9.10. The van der Waals surface area contributed by atoms with Crippen LogP contribution in [0.15, 0.2) is 75.0 Å². The van der Waals surface area contributed by atoms with E-state index in [0.717, 1.165) is 17.7 Å². The summed E-state index contributed by atoms with van der Waals surface area (Å²) in [7, 11) is 0. The minimum Gasteiger partial charge on any atom is -0.490 e. The molecule has 1 amide bonds. The van der Waals surface area contributed by atoms with Crippen LogP contribution < -0.4 is 14.8 Å². The van der Waals surface area contributed by atoms with Gasteiger partial charge in [-0.15, -0.1) is 0 Å². The van der Waals surface area contributed by atoms with Crippen molar-refractivity contribution in [2.45, 2.75) is 26.9 Å². The molecule has 0 atom stereocenters. The van der Waals surface area contributed by atoms with Crippen molar-refractivity contribution in [3.05, 3.63) is 92.5 Å². The van der Waals surface area contributed by atoms with Crippen LogP contribution in [0, 0.1) is 5.82 Å². The van der Waals surface area contributed by atoms with E-state index in [1.165, 1.54) is 29.5 Å². The molecule has 1 saturated heterocycles. The van der Waals surface area contributed by atoms with Gasteiger partial charge in [0.2, 0.25) is 0 Å². The molecule has 0 aromatic heterocycles. The molecule has 0 aliphatic carbocycles. The minimum absolute atomic E-state index is 0.189. The summed E-state index contributed by atoms with van der Waals surface area (Å²) in [4.78, 5) is 17.6. The molecule has 3 aromatic rings. The van der Waals surface area contributed by atoms with E-state index in [0.29, 0.717) is 38.2 Å². The lowest BCUT2D eigenvalue weighted by Gasteiger charge is -2.15. The minimum atomic E-state index is -0.314. The van der Waals surface area contributed by atoms with Crippen molar-refractivity contribution in [1.82, 2.24) is 5.32 Å². The van der Waals surface area contributed by atoms with Crippen LogP contribution in [0.1, 0.15) is 30.5 Å². The molecule has 5 nitrogen and oxygen atoms in total. The maximum Gasteiger partial charge on any atom is 0.264 e. The van der Waals surface area contributed by atoms with Crippen molar-refractivity contribution in [2.24, 2.45) is 4.99 Å². The molecule has 180 valence electrons. The number of nitrogens with one attached hydrogen (secondary N) is 1. The smallest absolute Gasteiger partial charge is 0.264 e. The van der Waals surface area contributed by atoms with Crippen LogP contribution in [0.2, 0.25) is 0 Å². The standard InChI is InChI=1S/C27H24BrFN2O3S/c1-3-17-8-10-21(11-9-17)30-27-31-26(32)24(35-27)15-19-13-22(28)25(23(14-19)33-4-2)34-16-18-6-5-7-20(29)12-18/h5-15H,3-4,16H2,1-2H3,(H,30,31,32)/b24-15-. The summed E-state index contributed by atoms with van der Waals surface area (Å²) in [6, 6.07) is 17.9. The van der Waals surface area contributed by atoms with Gasteiger partial charge in [0.05, 0.1) is 21.7 Å². The molecule has 35 heavy (non-hydrogen) atoms. The Kier molecular flexibility index (Phi) is 8.25. The fraction of sp³-hybridized carbons (Fsp3) is 0.185. The van der Waals surface area contributed by atoms with Crippen molar-refractivity contribution in [2.75, 3.05) is 6.61 Å². The highest BCUT2D eigenvalue weighted by Crippen LogP contribution is 2.39. The highest BCUT2D eigenvalue weighted by atomic mass is 79.9. The van der Waals surface area contributed by atoms with Gasteiger partial charge in [-0.25, -0.2) is 9.38 Å². The number of hydrogen-bond acceptors (Lipinski definition) is 5. The molecule has 4 rings (SSSR count). The van der Waals surface area contributed by atoms with E-state index < -0.39 is 0 Å². The Morgan fingerprint density at radius 2 is 1.86 bits per heavy atom. The highest BCUT2D eigenvalue weighted by Gasteiger charge is 2.24. The van der Waals surface area contributed by atoms with Gasteiger partial charge in [-0.3, -0.25) is 4.79 Å². The van der Waals surface area contributed by atoms with E-state index in [-0.39, 0.29) is 18.3 Å². The lowest BCUT2D eigenvalue weighted by atomic mass is 10.1. The molecular weight excluding hydrogens is 531 g/mol. The number of benzene rings is 3. The summed E-state index contributed by atoms with van der Waals surface area (Å²) in [6.07, 6.45) is 2.75. The third-order valence-electron chi connectivity index (χ3n) is 5.13. The lowest BCUT2D eigenvalue weighted by Crippen LogP contribution is -2.19. The summed E-state index contributed by atoms with van der Waals surface area (Å²) < 4.78 is 25.9. The molecule has 0 radical (unpaired) electrons. The number of aryl methyl sites for hydroxylation is 1. The zero-order valence-corrected chi connectivity index (χ0v) is 21.7. The first-order chi connectivity index (χ1) is 16.9. The third-order valence-corrected chi connectivity index (χ3v) is 6.63. The molecule has 1 aliphatic heterocycles. The number of carbonyl (C=O) groups excluding carboxylic acids is 1. The van der Waals surface area contributed by atoms with Crippen LogP contribution in [0.5, 0.6) is 11.5 Å². The average molecular weight is 555 g/mol. The second kappa shape index (κ2) is 11.6. The molecule has 1 N–H and O–H groups in total. The maximum atomic E-state index is 13.5. The van der Waals surface area contributed by atoms with Gasteiger partial charge in [0.1, 0.15) is 12.4 Å². The van der Waals surface area contributed by atoms with Gasteiger partial charge in [-0.2, -0.15) is 0 Å². The first kappa shape index (κ1) is 25.0. The molecule has 1 aliphatic rings. The van der Waals surface area contributed by atoms with Crippen molar-refractivity contribution in [3.63, 3.8) is 0 Å². The SMILES string of the molecule is CCOc1cc(/C=C2\SC(=Nc3ccc(CC)cc3)NC2=O)cc(Br)c1OCc1cccc(F)c1. The number of amides is 1. The normalized spacial score (nSPS) is 15.5. The van der Waals surface area contributed by atoms with Gasteiger partial charge in [0, 0.05) is 0 Å². The van der Waals surface area contributed by atoms with Gasteiger partial charge < -0.3 is 14.8 Å². The predicted octanol–water partition coefficient (Wildman–Crippen LogP) is 7.02. The average Bonchev–Trinajstić information content (AvgIpc) is 3.17. The van der Waals surface area contributed by atoms with Crippen molar-refractivity contribution >= 4 is 50.5 Å². The van der Waals surface area contributed by atoms with E-state index in [1.807, 2.05) is 43.3 Å². The van der Waals surface area contributed by atoms with Gasteiger partial charge in [-0.05, 0) is 100 Å². The monoisotopic (exact) mass is 554 g/mol. The molecule has 0 saturated carbocycles. The number of aliphatic imine (C=N–C) groups is 1. The first-order valence-corrected chi connectivity index (χ1v) is 12.8. The van der Waals surface area contributed by atoms with Crippen molar-refractivity contribution < 1.29 is 18.7 Å². The maximum absolute atomic E-state index is 13.5. The number of halogens is 2. The van der Waals surface area contributed by atoms with Crippen molar-refractivity contribution in [1.29, 1.82) is 0 Å². The molecule has 0 unspecified atom stereocenters. The summed E-state index contributed by atoms with van der Waals surface area (Å²) in [5.74, 6) is 0.517. The number of carbonyl (C=O) groups is 1. The number of ether oxygens (including phenoxy) is 2. The predicted molar refractivity (Wildman–Crippen MR) is 143 cm³/mol. The zero-order chi connectivity index (χ0) is 24.8. The number of nitrogens with zero attached hydrogens (tertiary/aromatic N) is 1. The molecule has 0 bridgehead atoms. The van der Waals surface area contributed by atoms with Gasteiger partial charge >= 0.3 is 0 Å². The van der Waals surface area contributed by atoms with Gasteiger partial charge in [0.15, 0.2) is 16.7 Å². The molecule has 1 heterocycles. The summed E-state index contributed by atoms with van der Waals surface area (Å²) >= 11 is 4.83.